The molecular formula is C41H41F3O11S. The topological polar surface area (TPSA) is 160 Å². The Bertz CT molecular complexity index is 2330. The van der Waals surface area contributed by atoms with E-state index in [1.165, 1.54) is 0 Å². The number of benzene rings is 4. The fraction of sp³-hybridized carbons (Fsp3) is 0.317. The Morgan fingerprint density at radius 2 is 0.768 bits per heavy atom. The summed E-state index contributed by atoms with van der Waals surface area (Å²) >= 11 is 0. The molecule has 15 heteroatoms. The summed E-state index contributed by atoms with van der Waals surface area (Å²) in [5.41, 5.74) is -1.65. The number of carbonyl (C=O) groups excluding carboxylic acids is 4. The van der Waals surface area contributed by atoms with Crippen LogP contribution in [0.4, 0.5) is 13.2 Å². The maximum Gasteiger partial charge on any atom is 0.429 e. The van der Waals surface area contributed by atoms with Gasteiger partial charge >= 0.3 is 30.1 Å². The van der Waals surface area contributed by atoms with Gasteiger partial charge in [0.2, 0.25) is 5.60 Å². The minimum atomic E-state index is -5.58. The van der Waals surface area contributed by atoms with Crippen LogP contribution in [0.15, 0.2) is 48.5 Å². The summed E-state index contributed by atoms with van der Waals surface area (Å²) in [7, 11) is -5.42. The lowest BCUT2D eigenvalue weighted by atomic mass is 9.97. The molecule has 0 heterocycles. The molecule has 4 aromatic carbocycles. The molecule has 1 unspecified atom stereocenters. The van der Waals surface area contributed by atoms with E-state index in [-0.39, 0.29) is 24.2 Å². The van der Waals surface area contributed by atoms with E-state index in [9.17, 15) is 45.3 Å². The molecule has 4 aromatic rings. The summed E-state index contributed by atoms with van der Waals surface area (Å²) in [6.45, 7) is 15.5. The minimum Gasteiger partial charge on any atom is -0.445 e. The van der Waals surface area contributed by atoms with Gasteiger partial charge in [-0.1, -0.05) is 53.1 Å². The van der Waals surface area contributed by atoms with Crippen molar-refractivity contribution in [2.75, 3.05) is 5.75 Å². The SMILES string of the molecule is Cc1cc(C)c(OC(=O)c2cc(C(=O)Oc3c(C)cc(C)cc3C)c(C(=O)OC(C)(CS(=O)(=O)O)C(F)(F)F)cc2C(=O)Oc2c(C)cc(C)cc2C)c(C)c1. The maximum atomic E-state index is 14.3. The van der Waals surface area contributed by atoms with Crippen LogP contribution >= 0.6 is 0 Å². The van der Waals surface area contributed by atoms with Crippen LogP contribution in [-0.2, 0) is 14.9 Å². The van der Waals surface area contributed by atoms with Crippen LogP contribution in [0.3, 0.4) is 0 Å². The van der Waals surface area contributed by atoms with E-state index in [0.29, 0.717) is 39.4 Å². The molecule has 1 atom stereocenters. The van der Waals surface area contributed by atoms with Gasteiger partial charge in [0.15, 0.2) is 0 Å². The lowest BCUT2D eigenvalue weighted by molar-refractivity contribution is -0.243. The van der Waals surface area contributed by atoms with Gasteiger partial charge in [0, 0.05) is 0 Å². The highest BCUT2D eigenvalue weighted by molar-refractivity contribution is 7.85. The van der Waals surface area contributed by atoms with Crippen LogP contribution < -0.4 is 14.2 Å². The molecule has 0 spiro atoms. The molecule has 0 aliphatic rings. The van der Waals surface area contributed by atoms with Gasteiger partial charge in [-0.15, -0.1) is 0 Å². The van der Waals surface area contributed by atoms with Gasteiger partial charge in [-0.25, -0.2) is 19.2 Å². The van der Waals surface area contributed by atoms with Crippen LogP contribution in [0.5, 0.6) is 17.2 Å². The predicted octanol–water partition coefficient (Wildman–Crippen LogP) is 8.49. The fourth-order valence-corrected chi connectivity index (χ4v) is 7.40. The molecule has 0 aliphatic heterocycles. The second-order valence-electron chi connectivity index (χ2n) is 14.1. The van der Waals surface area contributed by atoms with E-state index in [4.69, 9.17) is 18.9 Å². The van der Waals surface area contributed by atoms with Crippen molar-refractivity contribution in [1.29, 1.82) is 0 Å². The highest BCUT2D eigenvalue weighted by atomic mass is 32.2. The standard InChI is InChI=1S/C41H41F3O11S/c1-20-11-23(4)33(24(5)12-20)52-36(45)29-17-31(38(47)54-35-27(8)15-22(3)16-28(35)9)32(39(48)55-40(10,41(42,43)44)19-56(49,50)51)18-30(29)37(46)53-34-25(6)13-21(2)14-26(34)7/h11-18H,19H2,1-10H3,(H,49,50,51). The first-order valence-corrected chi connectivity index (χ1v) is 18.7. The van der Waals surface area contributed by atoms with Crippen molar-refractivity contribution >= 4 is 34.0 Å². The summed E-state index contributed by atoms with van der Waals surface area (Å²) in [5, 5.41) is 0. The third-order valence-corrected chi connectivity index (χ3v) is 9.73. The first-order chi connectivity index (χ1) is 25.7. The number of alkyl halides is 3. The number of esters is 4. The van der Waals surface area contributed by atoms with Gasteiger partial charge in [0.25, 0.3) is 10.1 Å². The molecule has 0 aromatic heterocycles. The van der Waals surface area contributed by atoms with Crippen LogP contribution in [0.25, 0.3) is 0 Å². The summed E-state index contributed by atoms with van der Waals surface area (Å²) in [4.78, 5) is 56.0. The summed E-state index contributed by atoms with van der Waals surface area (Å²) < 4.78 is 97.5. The highest BCUT2D eigenvalue weighted by Crippen LogP contribution is 2.37. The molecule has 11 nitrogen and oxygen atoms in total. The minimum absolute atomic E-state index is 0.0234. The van der Waals surface area contributed by atoms with Crippen LogP contribution in [0.2, 0.25) is 0 Å². The largest absolute Gasteiger partial charge is 0.445 e. The lowest BCUT2D eigenvalue weighted by Gasteiger charge is -2.30. The van der Waals surface area contributed by atoms with Gasteiger partial charge in [-0.2, -0.15) is 21.6 Å². The Balaban J connectivity index is 2.02. The Labute approximate surface area is 322 Å². The molecule has 56 heavy (non-hydrogen) atoms. The number of hydrogen-bond acceptors (Lipinski definition) is 10. The Hall–Kier alpha value is -5.54. The predicted molar refractivity (Wildman–Crippen MR) is 200 cm³/mol. The van der Waals surface area contributed by atoms with E-state index < -0.39 is 73.8 Å². The van der Waals surface area contributed by atoms with Crippen molar-refractivity contribution < 1.29 is 64.3 Å². The van der Waals surface area contributed by atoms with Crippen molar-refractivity contribution in [2.24, 2.45) is 0 Å². The van der Waals surface area contributed by atoms with Gasteiger partial charge in [-0.05, 0) is 115 Å². The zero-order valence-corrected chi connectivity index (χ0v) is 33.2. The maximum absolute atomic E-state index is 14.3. The smallest absolute Gasteiger partial charge is 0.429 e. The number of ether oxygens (including phenoxy) is 4. The van der Waals surface area contributed by atoms with Gasteiger partial charge < -0.3 is 18.9 Å². The normalized spacial score (nSPS) is 12.8. The Morgan fingerprint density at radius 1 is 0.518 bits per heavy atom. The van der Waals surface area contributed by atoms with Crippen molar-refractivity contribution in [3.8, 4) is 17.2 Å². The summed E-state index contributed by atoms with van der Waals surface area (Å²) in [6, 6.07) is 11.6. The Kier molecular flexibility index (Phi) is 12.3. The van der Waals surface area contributed by atoms with Crippen molar-refractivity contribution in [2.45, 2.75) is 81.0 Å². The van der Waals surface area contributed by atoms with Crippen molar-refractivity contribution in [3.05, 3.63) is 121 Å². The lowest BCUT2D eigenvalue weighted by Crippen LogP contribution is -2.51. The molecule has 4 rings (SSSR count). The Morgan fingerprint density at radius 3 is 1.00 bits per heavy atom. The molecule has 0 saturated heterocycles. The highest BCUT2D eigenvalue weighted by Gasteiger charge is 2.57. The van der Waals surface area contributed by atoms with E-state index >= 15 is 0 Å². The zero-order valence-electron chi connectivity index (χ0n) is 32.4. The average molecular weight is 799 g/mol. The van der Waals surface area contributed by atoms with Gasteiger partial charge in [0.1, 0.15) is 23.0 Å². The van der Waals surface area contributed by atoms with Crippen molar-refractivity contribution in [1.82, 2.24) is 0 Å². The summed E-state index contributed by atoms with van der Waals surface area (Å²) in [5.74, 6) is -7.73. The number of carbonyl (C=O) groups is 4. The molecule has 1 N–H and O–H groups in total. The number of rotatable bonds is 10. The number of aryl methyl sites for hydroxylation is 9. The van der Waals surface area contributed by atoms with E-state index in [1.807, 2.05) is 6.92 Å². The van der Waals surface area contributed by atoms with Crippen molar-refractivity contribution in [3.63, 3.8) is 0 Å². The van der Waals surface area contributed by atoms with Gasteiger partial charge in [0.05, 0.1) is 22.3 Å². The van der Waals surface area contributed by atoms with E-state index in [2.05, 4.69) is 0 Å². The quantitative estimate of drug-likeness (QED) is 0.0931. The van der Waals surface area contributed by atoms with Gasteiger partial charge in [-0.3, -0.25) is 4.55 Å². The average Bonchev–Trinajstić information content (AvgIpc) is 3.03. The number of hydrogen-bond donors (Lipinski definition) is 1. The molecule has 0 bridgehead atoms. The fourth-order valence-electron chi connectivity index (χ4n) is 6.48. The third-order valence-electron chi connectivity index (χ3n) is 8.81. The second-order valence-corrected chi connectivity index (χ2v) is 15.6. The molecule has 0 aliphatic carbocycles. The first kappa shape index (κ1) is 43.2. The van der Waals surface area contributed by atoms with Crippen LogP contribution in [0, 0.1) is 62.3 Å². The van der Waals surface area contributed by atoms with Crippen LogP contribution in [0.1, 0.15) is 98.4 Å². The van der Waals surface area contributed by atoms with Crippen LogP contribution in [-0.4, -0.2) is 54.4 Å². The zero-order chi connectivity index (χ0) is 42.2. The second kappa shape index (κ2) is 15.9. The number of halogens is 3. The third kappa shape index (κ3) is 9.63. The summed E-state index contributed by atoms with van der Waals surface area (Å²) in [6.07, 6.45) is -5.58. The molecule has 0 saturated carbocycles. The monoisotopic (exact) mass is 798 g/mol. The molecule has 0 fully saturated rings. The van der Waals surface area contributed by atoms with E-state index in [1.54, 1.807) is 91.8 Å². The van der Waals surface area contributed by atoms with E-state index in [0.717, 1.165) is 22.8 Å². The molecular weight excluding hydrogens is 758 g/mol. The molecule has 0 amide bonds. The molecule has 0 radical (unpaired) electrons. The molecule has 298 valence electrons. The first-order valence-electron chi connectivity index (χ1n) is 17.0.